The second-order valence-electron chi connectivity index (χ2n) is 3.96. The van der Waals surface area contributed by atoms with Gasteiger partial charge >= 0.3 is 0 Å². The zero-order chi connectivity index (χ0) is 11.5. The molecule has 1 fully saturated rings. The molecule has 6 heteroatoms. The van der Waals surface area contributed by atoms with Gasteiger partial charge in [-0.15, -0.1) is 12.4 Å². The molecular formula is C11H16BrClN2O2. The first-order valence-electron chi connectivity index (χ1n) is 5.43. The number of carbonyl (C=O) groups excluding carboxylic acids is 1. The normalized spacial score (nSPS) is 19.2. The first kappa shape index (κ1) is 14.5. The van der Waals surface area contributed by atoms with Crippen LogP contribution in [0.5, 0.6) is 0 Å². The zero-order valence-electron chi connectivity index (χ0n) is 9.61. The Kier molecular flexibility index (Phi) is 5.49. The van der Waals surface area contributed by atoms with Crippen LogP contribution in [0.25, 0.3) is 0 Å². The van der Waals surface area contributed by atoms with E-state index in [1.165, 1.54) is 0 Å². The molecule has 1 aromatic rings. The molecule has 1 atom stereocenters. The largest absolute Gasteiger partial charge is 0.444 e. The maximum atomic E-state index is 12.1. The topological polar surface area (TPSA) is 45.5 Å². The Morgan fingerprint density at radius 1 is 1.65 bits per heavy atom. The van der Waals surface area contributed by atoms with Gasteiger partial charge in [-0.25, -0.2) is 0 Å². The summed E-state index contributed by atoms with van der Waals surface area (Å²) in [6.07, 6.45) is 2.13. The van der Waals surface area contributed by atoms with Crippen molar-refractivity contribution >= 4 is 34.2 Å². The molecule has 1 amide bonds. The van der Waals surface area contributed by atoms with Crippen LogP contribution in [0.15, 0.2) is 21.2 Å². The Labute approximate surface area is 115 Å². The summed E-state index contributed by atoms with van der Waals surface area (Å²) in [5.41, 5.74) is 0. The van der Waals surface area contributed by atoms with Crippen molar-refractivity contribution in [3.63, 3.8) is 0 Å². The fourth-order valence-corrected chi connectivity index (χ4v) is 2.43. The summed E-state index contributed by atoms with van der Waals surface area (Å²) in [5, 5.41) is 3.12. The smallest absolute Gasteiger partial charge is 0.289 e. The van der Waals surface area contributed by atoms with Gasteiger partial charge in [0.15, 0.2) is 10.4 Å². The van der Waals surface area contributed by atoms with E-state index in [1.54, 1.807) is 12.1 Å². The predicted molar refractivity (Wildman–Crippen MR) is 71.6 cm³/mol. The Bertz CT molecular complexity index is 383. The molecule has 1 aliphatic heterocycles. The number of halogens is 2. The molecule has 0 aromatic carbocycles. The summed E-state index contributed by atoms with van der Waals surface area (Å²) in [5.74, 6) is 0.401. The molecule has 96 valence electrons. The third-order valence-electron chi connectivity index (χ3n) is 2.86. The van der Waals surface area contributed by atoms with Crippen molar-refractivity contribution in [3.8, 4) is 0 Å². The number of furan rings is 1. The molecule has 1 N–H and O–H groups in total. The minimum Gasteiger partial charge on any atom is -0.444 e. The number of hydrogen-bond acceptors (Lipinski definition) is 3. The maximum absolute atomic E-state index is 12.1. The van der Waals surface area contributed by atoms with Crippen LogP contribution in [0.3, 0.4) is 0 Å². The molecular weight excluding hydrogens is 307 g/mol. The van der Waals surface area contributed by atoms with Crippen LogP contribution in [-0.4, -0.2) is 37.0 Å². The molecule has 1 unspecified atom stereocenters. The number of likely N-dealkylation sites (N-methyl/N-ethyl adjacent to an activating group) is 1. The van der Waals surface area contributed by atoms with Gasteiger partial charge in [0.25, 0.3) is 5.91 Å². The second-order valence-corrected chi connectivity index (χ2v) is 4.74. The fraction of sp³-hybridized carbons (Fsp3) is 0.545. The first-order valence-corrected chi connectivity index (χ1v) is 6.22. The highest BCUT2D eigenvalue weighted by atomic mass is 79.9. The highest BCUT2D eigenvalue weighted by Crippen LogP contribution is 2.22. The number of nitrogens with one attached hydrogen (secondary N) is 1. The van der Waals surface area contributed by atoms with Crippen LogP contribution in [0.4, 0.5) is 0 Å². The van der Waals surface area contributed by atoms with Crippen LogP contribution < -0.4 is 5.32 Å². The van der Waals surface area contributed by atoms with E-state index in [4.69, 9.17) is 4.42 Å². The van der Waals surface area contributed by atoms with Crippen molar-refractivity contribution in [1.29, 1.82) is 0 Å². The molecule has 0 spiro atoms. The number of nitrogens with zero attached hydrogens (tertiary/aromatic N) is 1. The van der Waals surface area contributed by atoms with E-state index in [-0.39, 0.29) is 18.3 Å². The predicted octanol–water partition coefficient (Wildman–Crippen LogP) is 2.29. The third kappa shape index (κ3) is 3.24. The van der Waals surface area contributed by atoms with Crippen molar-refractivity contribution in [1.82, 2.24) is 10.2 Å². The fourth-order valence-electron chi connectivity index (χ4n) is 2.12. The number of carbonyl (C=O) groups is 1. The van der Waals surface area contributed by atoms with E-state index in [1.807, 2.05) is 11.9 Å². The molecule has 1 aliphatic rings. The lowest BCUT2D eigenvalue weighted by molar-refractivity contribution is 0.0703. The van der Waals surface area contributed by atoms with E-state index in [0.29, 0.717) is 16.5 Å². The van der Waals surface area contributed by atoms with Crippen molar-refractivity contribution in [3.05, 3.63) is 22.6 Å². The third-order valence-corrected chi connectivity index (χ3v) is 3.29. The van der Waals surface area contributed by atoms with Crippen LogP contribution in [0.1, 0.15) is 23.4 Å². The second kappa shape index (κ2) is 6.42. The van der Waals surface area contributed by atoms with Gasteiger partial charge in [0.1, 0.15) is 0 Å². The van der Waals surface area contributed by atoms with E-state index in [9.17, 15) is 4.79 Å². The van der Waals surface area contributed by atoms with Gasteiger partial charge in [0, 0.05) is 19.1 Å². The van der Waals surface area contributed by atoms with Crippen LogP contribution in [-0.2, 0) is 0 Å². The Morgan fingerprint density at radius 2 is 2.41 bits per heavy atom. The van der Waals surface area contributed by atoms with Gasteiger partial charge in [-0.2, -0.15) is 0 Å². The lowest BCUT2D eigenvalue weighted by atomic mass is 10.2. The van der Waals surface area contributed by atoms with E-state index < -0.39 is 0 Å². The van der Waals surface area contributed by atoms with Gasteiger partial charge in [-0.3, -0.25) is 4.79 Å². The molecule has 4 nitrogen and oxygen atoms in total. The molecule has 0 aliphatic carbocycles. The Hall–Kier alpha value is -0.520. The summed E-state index contributed by atoms with van der Waals surface area (Å²) in [6, 6.07) is 3.75. The number of amides is 1. The summed E-state index contributed by atoms with van der Waals surface area (Å²) in [7, 11) is 1.91. The standard InChI is InChI=1S/C11H15BrN2O2.ClH/c1-13-7-8-3-2-6-14(8)11(15)9-4-5-10(12)16-9;/h4-5,8,13H,2-3,6-7H2,1H3;1H. The summed E-state index contributed by atoms with van der Waals surface area (Å²) >= 11 is 3.21. The van der Waals surface area contributed by atoms with Crippen molar-refractivity contribution in [2.75, 3.05) is 20.1 Å². The van der Waals surface area contributed by atoms with Gasteiger partial charge in [-0.1, -0.05) is 0 Å². The lowest BCUT2D eigenvalue weighted by Gasteiger charge is -2.23. The number of likely N-dealkylation sites (tertiary alicyclic amines) is 1. The van der Waals surface area contributed by atoms with Gasteiger partial charge in [0.2, 0.25) is 0 Å². The van der Waals surface area contributed by atoms with Crippen molar-refractivity contribution in [2.24, 2.45) is 0 Å². The SMILES string of the molecule is CNCC1CCCN1C(=O)c1ccc(Br)o1.Cl. The van der Waals surface area contributed by atoms with Crippen molar-refractivity contribution in [2.45, 2.75) is 18.9 Å². The molecule has 17 heavy (non-hydrogen) atoms. The van der Waals surface area contributed by atoms with Gasteiger partial charge in [0.05, 0.1) is 0 Å². The van der Waals surface area contributed by atoms with Crippen molar-refractivity contribution < 1.29 is 9.21 Å². The minimum atomic E-state index is -0.0107. The lowest BCUT2D eigenvalue weighted by Crippen LogP contribution is -2.40. The molecule has 0 saturated carbocycles. The van der Waals surface area contributed by atoms with Gasteiger partial charge in [-0.05, 0) is 48.0 Å². The van der Waals surface area contributed by atoms with Gasteiger partial charge < -0.3 is 14.6 Å². The average molecular weight is 324 g/mol. The van der Waals surface area contributed by atoms with E-state index in [0.717, 1.165) is 25.9 Å². The molecule has 0 bridgehead atoms. The summed E-state index contributed by atoms with van der Waals surface area (Å²) in [4.78, 5) is 14.0. The summed E-state index contributed by atoms with van der Waals surface area (Å²) in [6.45, 7) is 1.66. The molecule has 1 aromatic heterocycles. The highest BCUT2D eigenvalue weighted by Gasteiger charge is 2.30. The molecule has 2 rings (SSSR count). The zero-order valence-corrected chi connectivity index (χ0v) is 12.0. The first-order chi connectivity index (χ1) is 7.72. The van der Waals surface area contributed by atoms with Crippen LogP contribution in [0, 0.1) is 0 Å². The van der Waals surface area contributed by atoms with Crippen LogP contribution >= 0.6 is 28.3 Å². The monoisotopic (exact) mass is 322 g/mol. The maximum Gasteiger partial charge on any atom is 0.289 e. The number of rotatable bonds is 3. The number of hydrogen-bond donors (Lipinski definition) is 1. The van der Waals surface area contributed by atoms with E-state index in [2.05, 4.69) is 21.2 Å². The summed E-state index contributed by atoms with van der Waals surface area (Å²) < 4.78 is 5.89. The quantitative estimate of drug-likeness (QED) is 0.928. The minimum absolute atomic E-state index is 0. The Morgan fingerprint density at radius 3 is 3.00 bits per heavy atom. The Balaban J connectivity index is 0.00000144. The molecule has 1 saturated heterocycles. The average Bonchev–Trinajstić information content (AvgIpc) is 2.87. The van der Waals surface area contributed by atoms with Crippen LogP contribution in [0.2, 0.25) is 0 Å². The van der Waals surface area contributed by atoms with E-state index >= 15 is 0 Å². The molecule has 0 radical (unpaired) electrons. The molecule has 2 heterocycles. The highest BCUT2D eigenvalue weighted by molar-refractivity contribution is 9.10.